The Bertz CT molecular complexity index is 1170. The van der Waals surface area contributed by atoms with Crippen LogP contribution in [0, 0.1) is 5.92 Å². The number of unbranched alkanes of at least 4 members (excludes halogenated alkanes) is 13. The molecule has 3 atom stereocenters. The number of phenolic OH excluding ortho intramolecular Hbond substituents is 2. The molecule has 0 spiro atoms. The van der Waals surface area contributed by atoms with E-state index in [1.54, 1.807) is 12.1 Å². The van der Waals surface area contributed by atoms with Crippen LogP contribution in [-0.2, 0) is 49.7 Å². The van der Waals surface area contributed by atoms with E-state index in [1.807, 2.05) is 24.3 Å². The Morgan fingerprint density at radius 3 is 1.28 bits per heavy atom. The average molecular weight is 842 g/mol. The van der Waals surface area contributed by atoms with Gasteiger partial charge in [0.2, 0.25) is 0 Å². The van der Waals surface area contributed by atoms with E-state index in [2.05, 4.69) is 59.1 Å². The Labute approximate surface area is 356 Å². The van der Waals surface area contributed by atoms with Crippen molar-refractivity contribution in [1.29, 1.82) is 0 Å². The van der Waals surface area contributed by atoms with Crippen molar-refractivity contribution in [3.8, 4) is 11.5 Å². The minimum atomic E-state index is -1.80. The first kappa shape index (κ1) is 50.6. The molecular weight excluding hydrogens is 758 g/mol. The first-order chi connectivity index (χ1) is 25.0. The molecule has 0 saturated carbocycles. The van der Waals surface area contributed by atoms with Crippen molar-refractivity contribution in [2.24, 2.45) is 5.92 Å². The van der Waals surface area contributed by atoms with Crippen LogP contribution in [0.5, 0.6) is 11.5 Å². The molecule has 0 bridgehead atoms. The smallest absolute Gasteiger partial charge is 0.176 e. The third kappa shape index (κ3) is 23.4. The topological polar surface area (TPSA) is 49.7 Å². The van der Waals surface area contributed by atoms with Crippen molar-refractivity contribution in [3.63, 3.8) is 0 Å². The van der Waals surface area contributed by atoms with Gasteiger partial charge in [-0.15, -0.1) is 0 Å². The predicted octanol–water partition coefficient (Wildman–Crippen LogP) is 15.7. The second kappa shape index (κ2) is 29.7. The average Bonchev–Trinajstić information content (AvgIpc) is 3.09. The number of phenols is 2. The third-order valence-electron chi connectivity index (χ3n) is 12.0. The molecule has 0 aliphatic carbocycles. The molecule has 53 heavy (non-hydrogen) atoms. The minimum Gasteiger partial charge on any atom is -0.508 e. The Morgan fingerprint density at radius 1 is 0.491 bits per heavy atom. The van der Waals surface area contributed by atoms with E-state index in [0.29, 0.717) is 11.5 Å². The molecule has 2 aromatic rings. The first-order valence-corrected chi connectivity index (χ1v) is 28.2. The van der Waals surface area contributed by atoms with Gasteiger partial charge in [0, 0.05) is 32.7 Å². The van der Waals surface area contributed by atoms with Crippen LogP contribution in [0.25, 0.3) is 0 Å². The standard InChI is InChI=1S/C47H84O3Si2.Y/c1-8-27-46(36-24-20-14-12-10-11-13-18-22-30-42-32-25-34-44(48)39-42)51(4,5)50-52(6,7)47(28-9-2)38-37-41(3)29-21-17-15-16-19-23-31-43-33-26-35-45(49)40-43;/h25-26,32-35,39-41,46-49H,8-24,27-31,36-38H2,1-7H3;. The van der Waals surface area contributed by atoms with Crippen molar-refractivity contribution >= 4 is 16.6 Å². The monoisotopic (exact) mass is 842 g/mol. The molecule has 2 rings (SSSR count). The van der Waals surface area contributed by atoms with Gasteiger partial charge in [0.05, 0.1) is 0 Å². The molecule has 3 unspecified atom stereocenters. The zero-order valence-electron chi connectivity index (χ0n) is 35.9. The number of rotatable bonds is 32. The van der Waals surface area contributed by atoms with Crippen LogP contribution < -0.4 is 0 Å². The van der Waals surface area contributed by atoms with E-state index in [0.717, 1.165) is 29.8 Å². The summed E-state index contributed by atoms with van der Waals surface area (Å²) in [4.78, 5) is 0. The first-order valence-electron chi connectivity index (χ1n) is 22.2. The molecule has 0 heterocycles. The molecule has 0 aliphatic heterocycles. The molecule has 3 nitrogen and oxygen atoms in total. The fourth-order valence-corrected chi connectivity index (χ4v) is 19.2. The van der Waals surface area contributed by atoms with Gasteiger partial charge in [0.25, 0.3) is 0 Å². The molecule has 2 aromatic carbocycles. The molecular formula is C47H84O3Si2Y. The van der Waals surface area contributed by atoms with Crippen LogP contribution in [0.4, 0.5) is 0 Å². The van der Waals surface area contributed by atoms with Crippen LogP contribution >= 0.6 is 0 Å². The van der Waals surface area contributed by atoms with Gasteiger partial charge in [-0.05, 0) is 104 Å². The minimum absolute atomic E-state index is 0. The SMILES string of the molecule is CCCC(CCCCCCCCCCCc1cccc(O)c1)[Si](C)(C)O[Si](C)(C)C(CCC)CCC(C)CCCCCCCCc1cccc(O)c1.[Y]. The summed E-state index contributed by atoms with van der Waals surface area (Å²) in [5.74, 6) is 1.61. The van der Waals surface area contributed by atoms with Gasteiger partial charge >= 0.3 is 0 Å². The zero-order chi connectivity index (χ0) is 38.1. The maximum Gasteiger partial charge on any atom is 0.176 e. The Morgan fingerprint density at radius 2 is 0.868 bits per heavy atom. The second-order valence-corrected chi connectivity index (χ2v) is 26.5. The molecule has 0 aromatic heterocycles. The molecule has 0 fully saturated rings. The van der Waals surface area contributed by atoms with Crippen LogP contribution in [0.1, 0.15) is 180 Å². The van der Waals surface area contributed by atoms with Crippen LogP contribution in [0.2, 0.25) is 37.3 Å². The number of benzene rings is 2. The van der Waals surface area contributed by atoms with Gasteiger partial charge in [-0.3, -0.25) is 0 Å². The van der Waals surface area contributed by atoms with Gasteiger partial charge in [-0.2, -0.15) is 0 Å². The van der Waals surface area contributed by atoms with Crippen molar-refractivity contribution in [2.45, 2.75) is 219 Å². The normalized spacial score (nSPS) is 13.8. The van der Waals surface area contributed by atoms with E-state index >= 15 is 0 Å². The molecule has 1 radical (unpaired) electrons. The molecule has 0 amide bonds. The van der Waals surface area contributed by atoms with E-state index in [-0.39, 0.29) is 32.7 Å². The second-order valence-electron chi connectivity index (χ2n) is 17.7. The summed E-state index contributed by atoms with van der Waals surface area (Å²) in [6, 6.07) is 15.5. The van der Waals surface area contributed by atoms with Gasteiger partial charge in [0.1, 0.15) is 11.5 Å². The zero-order valence-corrected chi connectivity index (χ0v) is 40.7. The van der Waals surface area contributed by atoms with Gasteiger partial charge in [-0.25, -0.2) is 0 Å². The van der Waals surface area contributed by atoms with E-state index in [9.17, 15) is 10.2 Å². The number of hydrogen-bond donors (Lipinski definition) is 2. The van der Waals surface area contributed by atoms with E-state index < -0.39 is 16.6 Å². The fourth-order valence-electron chi connectivity index (χ4n) is 8.76. The summed E-state index contributed by atoms with van der Waals surface area (Å²) in [7, 11) is -3.58. The van der Waals surface area contributed by atoms with Crippen LogP contribution in [0.15, 0.2) is 48.5 Å². The summed E-state index contributed by atoms with van der Waals surface area (Å²) in [6.45, 7) is 17.5. The number of aryl methyl sites for hydroxylation is 2. The van der Waals surface area contributed by atoms with Crippen molar-refractivity contribution in [3.05, 3.63) is 59.7 Å². The summed E-state index contributed by atoms with van der Waals surface area (Å²) in [6.07, 6.45) is 33.1. The summed E-state index contributed by atoms with van der Waals surface area (Å²) in [5.41, 5.74) is 4.10. The molecule has 2 N–H and O–H groups in total. The third-order valence-corrected chi connectivity index (χ3v) is 21.3. The van der Waals surface area contributed by atoms with E-state index in [1.165, 1.54) is 159 Å². The van der Waals surface area contributed by atoms with Gasteiger partial charge in [0.15, 0.2) is 16.6 Å². The molecule has 6 heteroatoms. The van der Waals surface area contributed by atoms with Crippen molar-refractivity contribution < 1.29 is 47.0 Å². The Kier molecular flexibility index (Phi) is 28.4. The Hall–Kier alpha value is -0.462. The summed E-state index contributed by atoms with van der Waals surface area (Å²) >= 11 is 0. The van der Waals surface area contributed by atoms with Crippen molar-refractivity contribution in [2.75, 3.05) is 0 Å². The fraction of sp³-hybridized carbons (Fsp3) is 0.745. The molecule has 0 aliphatic rings. The van der Waals surface area contributed by atoms with Gasteiger partial charge in [-0.1, -0.05) is 180 Å². The van der Waals surface area contributed by atoms with Crippen LogP contribution in [0.3, 0.4) is 0 Å². The molecule has 0 saturated heterocycles. The summed E-state index contributed by atoms with van der Waals surface area (Å²) in [5, 5.41) is 19.3. The summed E-state index contributed by atoms with van der Waals surface area (Å²) < 4.78 is 7.50. The predicted molar refractivity (Wildman–Crippen MR) is 234 cm³/mol. The maximum atomic E-state index is 9.66. The van der Waals surface area contributed by atoms with Gasteiger partial charge < -0.3 is 14.3 Å². The number of hydrogen-bond acceptors (Lipinski definition) is 3. The largest absolute Gasteiger partial charge is 0.508 e. The quantitative estimate of drug-likeness (QED) is 0.0570. The van der Waals surface area contributed by atoms with Crippen molar-refractivity contribution in [1.82, 2.24) is 0 Å². The Balaban J connectivity index is 0.0000140. The molecule has 301 valence electrons. The maximum absolute atomic E-state index is 9.66. The number of aromatic hydroxyl groups is 2. The van der Waals surface area contributed by atoms with E-state index in [4.69, 9.17) is 4.12 Å². The van der Waals surface area contributed by atoms with Crippen LogP contribution in [-0.4, -0.2) is 26.8 Å².